The molecule has 1 rings (SSSR count). The molecule has 0 atom stereocenters. The summed E-state index contributed by atoms with van der Waals surface area (Å²) >= 11 is 0. The van der Waals surface area contributed by atoms with Gasteiger partial charge in [0.05, 0.1) is 0 Å². The van der Waals surface area contributed by atoms with Crippen molar-refractivity contribution in [1.29, 1.82) is 0 Å². The number of rotatable bonds is 2. The van der Waals surface area contributed by atoms with Crippen molar-refractivity contribution in [2.75, 3.05) is 13.1 Å². The first-order chi connectivity index (χ1) is 4.43. The third-order valence-electron chi connectivity index (χ3n) is 1.57. The van der Waals surface area contributed by atoms with Crippen molar-refractivity contribution in [2.45, 2.75) is 12.8 Å². The number of nitrogens with zero attached hydrogens (tertiary/aromatic N) is 1. The van der Waals surface area contributed by atoms with E-state index in [4.69, 9.17) is 0 Å². The Bertz CT molecular complexity index is 110. The summed E-state index contributed by atoms with van der Waals surface area (Å²) < 4.78 is 0. The Hall–Kier alpha value is -0.720. The largest absolute Gasteiger partial charge is 0.377 e. The molecule has 0 unspecified atom stereocenters. The maximum absolute atomic E-state index is 3.61. The molecule has 1 nitrogen and oxygen atoms in total. The molecule has 0 aliphatic carbocycles. The Kier molecular flexibility index (Phi) is 2.37. The zero-order chi connectivity index (χ0) is 6.53. The van der Waals surface area contributed by atoms with Gasteiger partial charge in [0.25, 0.3) is 0 Å². The van der Waals surface area contributed by atoms with E-state index in [1.165, 1.54) is 25.9 Å². The fourth-order valence-electron chi connectivity index (χ4n) is 1.07. The average Bonchev–Trinajstić information content (AvgIpc) is 2.34. The fourth-order valence-corrected chi connectivity index (χ4v) is 1.07. The van der Waals surface area contributed by atoms with Gasteiger partial charge in [-0.15, -0.1) is 0 Å². The maximum atomic E-state index is 3.61. The van der Waals surface area contributed by atoms with Crippen LogP contribution in [0, 0.1) is 0 Å². The summed E-state index contributed by atoms with van der Waals surface area (Å²) in [5.74, 6) is 0. The summed E-state index contributed by atoms with van der Waals surface area (Å²) in [6.07, 6.45) is 8.62. The minimum atomic E-state index is 1.23. The smallest absolute Gasteiger partial charge is 0.0173 e. The SMILES string of the molecule is C=CC=CN1CCCC1. The van der Waals surface area contributed by atoms with E-state index in [1.54, 1.807) is 0 Å². The summed E-state index contributed by atoms with van der Waals surface area (Å²) in [5.41, 5.74) is 0. The second-order valence-electron chi connectivity index (χ2n) is 2.32. The van der Waals surface area contributed by atoms with Crippen molar-refractivity contribution in [3.63, 3.8) is 0 Å². The highest BCUT2D eigenvalue weighted by Crippen LogP contribution is 2.06. The molecular weight excluding hydrogens is 110 g/mol. The van der Waals surface area contributed by atoms with Crippen LogP contribution in [0.2, 0.25) is 0 Å². The second kappa shape index (κ2) is 3.33. The molecule has 50 valence electrons. The second-order valence-corrected chi connectivity index (χ2v) is 2.32. The molecule has 0 aromatic heterocycles. The first kappa shape index (κ1) is 6.40. The highest BCUT2D eigenvalue weighted by Gasteiger charge is 2.04. The van der Waals surface area contributed by atoms with Gasteiger partial charge in [-0.25, -0.2) is 0 Å². The van der Waals surface area contributed by atoms with E-state index < -0.39 is 0 Å². The molecule has 9 heavy (non-hydrogen) atoms. The minimum absolute atomic E-state index is 1.23. The zero-order valence-corrected chi connectivity index (χ0v) is 5.71. The quantitative estimate of drug-likeness (QED) is 0.506. The van der Waals surface area contributed by atoms with Crippen LogP contribution in [-0.2, 0) is 0 Å². The molecule has 0 aromatic carbocycles. The first-order valence-corrected chi connectivity index (χ1v) is 3.47. The highest BCUT2D eigenvalue weighted by molar-refractivity contribution is 4.97. The van der Waals surface area contributed by atoms with Gasteiger partial charge < -0.3 is 4.90 Å². The lowest BCUT2D eigenvalue weighted by Crippen LogP contribution is -2.09. The third-order valence-corrected chi connectivity index (χ3v) is 1.57. The molecule has 0 amide bonds. The number of hydrogen-bond acceptors (Lipinski definition) is 1. The van der Waals surface area contributed by atoms with Gasteiger partial charge in [-0.1, -0.05) is 12.7 Å². The Morgan fingerprint density at radius 3 is 2.44 bits per heavy atom. The number of hydrogen-bond donors (Lipinski definition) is 0. The fraction of sp³-hybridized carbons (Fsp3) is 0.500. The van der Waals surface area contributed by atoms with E-state index in [9.17, 15) is 0 Å². The van der Waals surface area contributed by atoms with Crippen LogP contribution >= 0.6 is 0 Å². The van der Waals surface area contributed by atoms with Crippen molar-refractivity contribution in [2.24, 2.45) is 0 Å². The Labute approximate surface area is 56.7 Å². The summed E-state index contributed by atoms with van der Waals surface area (Å²) in [5, 5.41) is 0. The lowest BCUT2D eigenvalue weighted by atomic mass is 10.4. The lowest BCUT2D eigenvalue weighted by molar-refractivity contribution is 0.468. The van der Waals surface area contributed by atoms with Crippen LogP contribution in [0.4, 0.5) is 0 Å². The number of likely N-dealkylation sites (tertiary alicyclic amines) is 1. The van der Waals surface area contributed by atoms with E-state index in [2.05, 4.69) is 17.7 Å². The van der Waals surface area contributed by atoms with Crippen LogP contribution in [0.25, 0.3) is 0 Å². The van der Waals surface area contributed by atoms with Gasteiger partial charge >= 0.3 is 0 Å². The lowest BCUT2D eigenvalue weighted by Gasteiger charge is -2.08. The normalized spacial score (nSPS) is 19.3. The summed E-state index contributed by atoms with van der Waals surface area (Å²) in [4.78, 5) is 2.32. The van der Waals surface area contributed by atoms with Crippen LogP contribution in [0.5, 0.6) is 0 Å². The molecule has 1 fully saturated rings. The van der Waals surface area contributed by atoms with Gasteiger partial charge in [0.1, 0.15) is 0 Å². The molecule has 1 heterocycles. The summed E-state index contributed by atoms with van der Waals surface area (Å²) in [6, 6.07) is 0. The third kappa shape index (κ3) is 1.92. The van der Waals surface area contributed by atoms with Crippen molar-refractivity contribution in [3.05, 3.63) is 24.9 Å². The van der Waals surface area contributed by atoms with Gasteiger partial charge in [-0.2, -0.15) is 0 Å². The van der Waals surface area contributed by atoms with Crippen molar-refractivity contribution >= 4 is 0 Å². The van der Waals surface area contributed by atoms with Gasteiger partial charge in [-0.05, 0) is 25.1 Å². The number of allylic oxidation sites excluding steroid dienone is 2. The highest BCUT2D eigenvalue weighted by atomic mass is 15.1. The van der Waals surface area contributed by atoms with E-state index in [1.807, 2.05) is 12.2 Å². The molecule has 0 saturated carbocycles. The minimum Gasteiger partial charge on any atom is -0.377 e. The Balaban J connectivity index is 2.25. The van der Waals surface area contributed by atoms with Crippen molar-refractivity contribution in [3.8, 4) is 0 Å². The summed E-state index contributed by atoms with van der Waals surface area (Å²) in [7, 11) is 0. The standard InChI is InChI=1S/C8H13N/c1-2-3-6-9-7-4-5-8-9/h2-3,6H,1,4-5,7-8H2. The molecule has 1 aliphatic rings. The van der Waals surface area contributed by atoms with E-state index >= 15 is 0 Å². The zero-order valence-electron chi connectivity index (χ0n) is 5.71. The summed E-state index contributed by atoms with van der Waals surface area (Å²) in [6.45, 7) is 6.06. The molecule has 0 aromatic rings. The first-order valence-electron chi connectivity index (χ1n) is 3.47. The van der Waals surface area contributed by atoms with Crippen LogP contribution in [0.15, 0.2) is 24.9 Å². The van der Waals surface area contributed by atoms with Gasteiger partial charge in [-0.3, -0.25) is 0 Å². The molecule has 0 bridgehead atoms. The molecule has 1 heteroatoms. The molecule has 1 saturated heterocycles. The molecular formula is C8H13N. The Morgan fingerprint density at radius 2 is 1.89 bits per heavy atom. The molecule has 0 radical (unpaired) electrons. The van der Waals surface area contributed by atoms with Gasteiger partial charge in [0, 0.05) is 13.1 Å². The van der Waals surface area contributed by atoms with Gasteiger partial charge in [0.15, 0.2) is 0 Å². The predicted molar refractivity (Wildman–Crippen MR) is 40.1 cm³/mol. The van der Waals surface area contributed by atoms with Crippen LogP contribution in [0.3, 0.4) is 0 Å². The van der Waals surface area contributed by atoms with Crippen LogP contribution < -0.4 is 0 Å². The predicted octanol–water partition coefficient (Wildman–Crippen LogP) is 1.78. The van der Waals surface area contributed by atoms with Crippen molar-refractivity contribution in [1.82, 2.24) is 4.90 Å². The van der Waals surface area contributed by atoms with Crippen molar-refractivity contribution < 1.29 is 0 Å². The molecule has 1 aliphatic heterocycles. The maximum Gasteiger partial charge on any atom is 0.0173 e. The van der Waals surface area contributed by atoms with E-state index in [0.29, 0.717) is 0 Å². The van der Waals surface area contributed by atoms with Gasteiger partial charge in [0.2, 0.25) is 0 Å². The van der Waals surface area contributed by atoms with E-state index in [0.717, 1.165) is 0 Å². The average molecular weight is 123 g/mol. The molecule has 0 N–H and O–H groups in total. The van der Waals surface area contributed by atoms with Crippen LogP contribution in [0.1, 0.15) is 12.8 Å². The topological polar surface area (TPSA) is 3.24 Å². The molecule has 0 spiro atoms. The Morgan fingerprint density at radius 1 is 1.22 bits per heavy atom. The van der Waals surface area contributed by atoms with E-state index in [-0.39, 0.29) is 0 Å². The van der Waals surface area contributed by atoms with Crippen LogP contribution in [-0.4, -0.2) is 18.0 Å². The monoisotopic (exact) mass is 123 g/mol.